The maximum atomic E-state index is 12.7. The molecule has 0 bridgehead atoms. The van der Waals surface area contributed by atoms with Gasteiger partial charge in [-0.15, -0.1) is 5.10 Å². The fourth-order valence-electron chi connectivity index (χ4n) is 3.79. The van der Waals surface area contributed by atoms with Crippen LogP contribution < -0.4 is 5.32 Å². The van der Waals surface area contributed by atoms with Gasteiger partial charge >= 0.3 is 0 Å². The highest BCUT2D eigenvalue weighted by atomic mass is 16.2. The number of rotatable bonds is 3. The van der Waals surface area contributed by atoms with E-state index in [2.05, 4.69) is 15.6 Å². The Morgan fingerprint density at radius 1 is 1.13 bits per heavy atom. The summed E-state index contributed by atoms with van der Waals surface area (Å²) in [7, 11) is 1.93. The third-order valence-corrected chi connectivity index (χ3v) is 5.35. The zero-order valence-electron chi connectivity index (χ0n) is 14.2. The van der Waals surface area contributed by atoms with Crippen molar-refractivity contribution in [3.63, 3.8) is 0 Å². The molecular formula is C17H29N5O. The van der Waals surface area contributed by atoms with Gasteiger partial charge in [-0.2, -0.15) is 0 Å². The molecule has 128 valence electrons. The molecule has 0 aromatic carbocycles. The van der Waals surface area contributed by atoms with Crippen molar-refractivity contribution in [2.45, 2.75) is 69.9 Å². The summed E-state index contributed by atoms with van der Waals surface area (Å²) in [6.07, 6.45) is 12.6. The van der Waals surface area contributed by atoms with Crippen LogP contribution in [0.3, 0.4) is 0 Å². The van der Waals surface area contributed by atoms with E-state index in [1.54, 1.807) is 0 Å². The van der Waals surface area contributed by atoms with Crippen LogP contribution in [0.15, 0.2) is 6.20 Å². The number of carbonyl (C=O) groups is 1. The van der Waals surface area contributed by atoms with Crippen molar-refractivity contribution in [3.8, 4) is 0 Å². The summed E-state index contributed by atoms with van der Waals surface area (Å²) in [6, 6.07) is 0.726. The molecule has 1 aliphatic carbocycles. The molecule has 6 heteroatoms. The van der Waals surface area contributed by atoms with E-state index < -0.39 is 0 Å². The van der Waals surface area contributed by atoms with Gasteiger partial charge in [0, 0.05) is 13.1 Å². The molecule has 1 aromatic rings. The molecule has 3 rings (SSSR count). The highest BCUT2D eigenvalue weighted by molar-refractivity contribution is 5.91. The number of carbonyl (C=O) groups excluding carboxylic acids is 1. The average Bonchev–Trinajstić information content (AvgIpc) is 3.04. The van der Waals surface area contributed by atoms with Crippen molar-refractivity contribution >= 4 is 5.91 Å². The minimum Gasteiger partial charge on any atom is -0.337 e. The Morgan fingerprint density at radius 2 is 1.78 bits per heavy atom. The Hall–Kier alpha value is -1.43. The molecule has 0 atom stereocenters. The van der Waals surface area contributed by atoms with Crippen LogP contribution in [0.2, 0.25) is 0 Å². The van der Waals surface area contributed by atoms with Crippen LogP contribution in [0.5, 0.6) is 0 Å². The van der Waals surface area contributed by atoms with E-state index in [0.29, 0.717) is 17.8 Å². The predicted molar refractivity (Wildman–Crippen MR) is 89.4 cm³/mol. The Morgan fingerprint density at radius 3 is 2.48 bits per heavy atom. The molecule has 1 aromatic heterocycles. The first-order chi connectivity index (χ1) is 11.3. The number of nitrogens with one attached hydrogen (secondary N) is 1. The molecule has 1 saturated carbocycles. The molecule has 1 aliphatic heterocycles. The van der Waals surface area contributed by atoms with E-state index in [-0.39, 0.29) is 5.91 Å². The molecule has 23 heavy (non-hydrogen) atoms. The molecule has 6 nitrogen and oxygen atoms in total. The van der Waals surface area contributed by atoms with Crippen LogP contribution in [-0.2, 0) is 0 Å². The smallest absolute Gasteiger partial charge is 0.276 e. The predicted octanol–water partition coefficient (Wildman–Crippen LogP) is 2.39. The van der Waals surface area contributed by atoms with Gasteiger partial charge in [0.05, 0.1) is 12.2 Å². The second kappa shape index (κ2) is 7.90. The third-order valence-electron chi connectivity index (χ3n) is 5.35. The fraction of sp³-hybridized carbons (Fsp3) is 0.824. The average molecular weight is 319 g/mol. The topological polar surface area (TPSA) is 63.1 Å². The van der Waals surface area contributed by atoms with E-state index in [1.807, 2.05) is 22.8 Å². The minimum absolute atomic E-state index is 0.0238. The Bertz CT molecular complexity index is 501. The van der Waals surface area contributed by atoms with Crippen LogP contribution >= 0.6 is 0 Å². The van der Waals surface area contributed by atoms with Gasteiger partial charge in [-0.3, -0.25) is 4.79 Å². The number of hydrogen-bond acceptors (Lipinski definition) is 4. The second-order valence-electron chi connectivity index (χ2n) is 6.98. The third kappa shape index (κ3) is 4.10. The molecule has 0 unspecified atom stereocenters. The highest BCUT2D eigenvalue weighted by Gasteiger charge is 2.25. The maximum Gasteiger partial charge on any atom is 0.276 e. The van der Waals surface area contributed by atoms with Crippen LogP contribution in [0.25, 0.3) is 0 Å². The lowest BCUT2D eigenvalue weighted by atomic mass is 9.96. The first-order valence-electron chi connectivity index (χ1n) is 9.15. The summed E-state index contributed by atoms with van der Waals surface area (Å²) in [5, 5.41) is 11.7. The van der Waals surface area contributed by atoms with Gasteiger partial charge in [0.1, 0.15) is 0 Å². The van der Waals surface area contributed by atoms with Gasteiger partial charge in [0.25, 0.3) is 5.91 Å². The summed E-state index contributed by atoms with van der Waals surface area (Å²) in [4.78, 5) is 14.6. The number of nitrogens with zero attached hydrogens (tertiary/aromatic N) is 4. The van der Waals surface area contributed by atoms with Gasteiger partial charge < -0.3 is 10.2 Å². The number of piperidine rings is 1. The van der Waals surface area contributed by atoms with Crippen molar-refractivity contribution in [3.05, 3.63) is 11.9 Å². The highest BCUT2D eigenvalue weighted by Crippen LogP contribution is 2.22. The van der Waals surface area contributed by atoms with Crippen molar-refractivity contribution in [1.82, 2.24) is 25.2 Å². The van der Waals surface area contributed by atoms with Gasteiger partial charge in [-0.05, 0) is 38.8 Å². The molecule has 1 saturated heterocycles. The lowest BCUT2D eigenvalue weighted by Gasteiger charge is -2.29. The Labute approximate surface area is 138 Å². The fourth-order valence-corrected chi connectivity index (χ4v) is 3.79. The normalized spacial score (nSPS) is 21.6. The molecule has 0 spiro atoms. The molecular weight excluding hydrogens is 290 g/mol. The van der Waals surface area contributed by atoms with Gasteiger partial charge in [-0.1, -0.05) is 37.3 Å². The quantitative estimate of drug-likeness (QED) is 0.929. The van der Waals surface area contributed by atoms with Crippen molar-refractivity contribution in [1.29, 1.82) is 0 Å². The number of hydrogen-bond donors (Lipinski definition) is 1. The van der Waals surface area contributed by atoms with Gasteiger partial charge in [0.15, 0.2) is 5.69 Å². The monoisotopic (exact) mass is 319 g/mol. The van der Waals surface area contributed by atoms with Crippen molar-refractivity contribution < 1.29 is 4.79 Å². The van der Waals surface area contributed by atoms with Gasteiger partial charge in [0.2, 0.25) is 0 Å². The Balaban J connectivity index is 1.63. The largest absolute Gasteiger partial charge is 0.337 e. The van der Waals surface area contributed by atoms with E-state index in [9.17, 15) is 4.79 Å². The molecule has 0 radical (unpaired) electrons. The first kappa shape index (κ1) is 16.4. The van der Waals surface area contributed by atoms with Crippen LogP contribution in [0.1, 0.15) is 74.3 Å². The molecule has 2 heterocycles. The van der Waals surface area contributed by atoms with E-state index in [0.717, 1.165) is 38.8 Å². The summed E-state index contributed by atoms with van der Waals surface area (Å²) < 4.78 is 1.89. The molecule has 2 fully saturated rings. The molecule has 1 amide bonds. The zero-order chi connectivity index (χ0) is 16.1. The van der Waals surface area contributed by atoms with Crippen molar-refractivity contribution in [2.75, 3.05) is 20.1 Å². The first-order valence-corrected chi connectivity index (χ1v) is 9.15. The summed E-state index contributed by atoms with van der Waals surface area (Å²) in [5.74, 6) is 0.0238. The molecule has 2 aliphatic rings. The van der Waals surface area contributed by atoms with Crippen LogP contribution in [0, 0.1) is 0 Å². The lowest BCUT2D eigenvalue weighted by Crippen LogP contribution is -2.37. The lowest BCUT2D eigenvalue weighted by molar-refractivity contribution is 0.0700. The second-order valence-corrected chi connectivity index (χ2v) is 6.98. The SMILES string of the molecule is CN(C(=O)c1cn(C2CCNCC2)nn1)C1CCCCCCC1. The number of aromatic nitrogens is 3. The summed E-state index contributed by atoms with van der Waals surface area (Å²) >= 11 is 0. The zero-order valence-corrected chi connectivity index (χ0v) is 14.2. The van der Waals surface area contributed by atoms with E-state index in [1.165, 1.54) is 32.1 Å². The summed E-state index contributed by atoms with van der Waals surface area (Å²) in [5.41, 5.74) is 0.494. The van der Waals surface area contributed by atoms with Gasteiger partial charge in [-0.25, -0.2) is 4.68 Å². The van der Waals surface area contributed by atoms with Crippen LogP contribution in [0.4, 0.5) is 0 Å². The Kier molecular flexibility index (Phi) is 5.65. The molecule has 1 N–H and O–H groups in total. The maximum absolute atomic E-state index is 12.7. The standard InChI is InChI=1S/C17H29N5O/c1-21(14-7-5-3-2-4-6-8-14)17(23)16-13-22(20-19-16)15-9-11-18-12-10-15/h13-15,18H,2-12H2,1H3. The van der Waals surface area contributed by atoms with Crippen molar-refractivity contribution in [2.24, 2.45) is 0 Å². The van der Waals surface area contributed by atoms with Crippen LogP contribution in [-0.4, -0.2) is 52.0 Å². The number of amides is 1. The van der Waals surface area contributed by atoms with E-state index in [4.69, 9.17) is 0 Å². The minimum atomic E-state index is 0.0238. The summed E-state index contributed by atoms with van der Waals surface area (Å²) in [6.45, 7) is 2.02. The van der Waals surface area contributed by atoms with E-state index >= 15 is 0 Å².